The molecule has 1 aromatic heterocycles. The van der Waals surface area contributed by atoms with Gasteiger partial charge in [0.25, 0.3) is 0 Å². The first-order valence-electron chi connectivity index (χ1n) is 16.3. The molecule has 1 aliphatic rings. The number of hydrogen-bond donors (Lipinski definition) is 1. The average molecular weight is 593 g/mol. The number of fused-ring (bicyclic) bond motifs is 1. The van der Waals surface area contributed by atoms with Gasteiger partial charge in [0.05, 0.1) is 0 Å². The summed E-state index contributed by atoms with van der Waals surface area (Å²) in [6.45, 7) is 23.5. The van der Waals surface area contributed by atoms with E-state index in [0.717, 1.165) is 71.4 Å². The molecule has 0 saturated heterocycles. The fourth-order valence-electron chi connectivity index (χ4n) is 6.34. The molecule has 0 radical (unpaired) electrons. The minimum atomic E-state index is -0.0776. The van der Waals surface area contributed by atoms with E-state index < -0.39 is 0 Å². The summed E-state index contributed by atoms with van der Waals surface area (Å²) < 4.78 is 0. The van der Waals surface area contributed by atoms with Gasteiger partial charge in [-0.05, 0) is 85.4 Å². The maximum absolute atomic E-state index is 4.37. The largest absolute Gasteiger partial charge is 0.355 e. The summed E-state index contributed by atoms with van der Waals surface area (Å²) in [6, 6.07) is 24.9. The lowest BCUT2D eigenvalue weighted by Crippen LogP contribution is -2.18. The zero-order chi connectivity index (χ0) is 32.0. The standard InChI is InChI=1S/C43H48N2/c1-31(2)45(40-17-13-8-9-14-18-40)32(3)15-11-10-12-16-35-19-24-38(25-20-35)43(6,7)39-26-21-36(22-27-39)29-37-23-28-41-33(4)44-34(5)42(41)30-37/h10-11,13,17-28,30,44H,1,3-5,8-9,12,14-16,29H2,2,6-7H3/b11-10-. The highest BCUT2D eigenvalue weighted by Gasteiger charge is 2.23. The van der Waals surface area contributed by atoms with Gasteiger partial charge in [0.15, 0.2) is 0 Å². The second kappa shape index (κ2) is 14.0. The molecule has 0 fully saturated rings. The first kappa shape index (κ1) is 31.9. The Bertz CT molecular complexity index is 1860. The Labute approximate surface area is 270 Å². The number of allylic oxidation sites excluding steroid dienone is 6. The molecule has 230 valence electrons. The number of benzene rings is 3. The van der Waals surface area contributed by atoms with Crippen molar-refractivity contribution in [3.8, 4) is 0 Å². The molecular formula is C43H48N2. The highest BCUT2D eigenvalue weighted by Crippen LogP contribution is 2.32. The zero-order valence-corrected chi connectivity index (χ0v) is 27.5. The SMILES string of the molecule is C=C(C)N(C(=C)C/C=C\CCc1ccc(C(C)(C)c2ccc(Cc3ccc4c(=C)[nH]c(=C)c4c3)cc2)cc1)C1=CCCCC=C1. The van der Waals surface area contributed by atoms with Crippen LogP contribution < -0.4 is 10.7 Å². The van der Waals surface area contributed by atoms with Gasteiger partial charge in [0.2, 0.25) is 0 Å². The van der Waals surface area contributed by atoms with Crippen molar-refractivity contribution in [3.05, 3.63) is 166 Å². The molecule has 2 nitrogen and oxygen atoms in total. The third-order valence-corrected chi connectivity index (χ3v) is 9.09. The van der Waals surface area contributed by atoms with Crippen LogP contribution in [0.25, 0.3) is 23.9 Å². The van der Waals surface area contributed by atoms with Gasteiger partial charge in [-0.25, -0.2) is 0 Å². The lowest BCUT2D eigenvalue weighted by atomic mass is 9.77. The summed E-state index contributed by atoms with van der Waals surface area (Å²) >= 11 is 0. The minimum absolute atomic E-state index is 0.0776. The fraction of sp³-hybridized carbons (Fsp3) is 0.256. The van der Waals surface area contributed by atoms with Crippen molar-refractivity contribution in [2.24, 2.45) is 0 Å². The van der Waals surface area contributed by atoms with E-state index in [2.05, 4.69) is 154 Å². The van der Waals surface area contributed by atoms with Crippen molar-refractivity contribution in [1.29, 1.82) is 0 Å². The van der Waals surface area contributed by atoms with E-state index in [1.54, 1.807) is 0 Å². The van der Waals surface area contributed by atoms with Crippen LogP contribution in [0.3, 0.4) is 0 Å². The van der Waals surface area contributed by atoms with Gasteiger partial charge in [-0.15, -0.1) is 0 Å². The minimum Gasteiger partial charge on any atom is -0.355 e. The smallest absolute Gasteiger partial charge is 0.0411 e. The zero-order valence-electron chi connectivity index (χ0n) is 27.5. The van der Waals surface area contributed by atoms with Crippen LogP contribution in [-0.2, 0) is 18.3 Å². The monoisotopic (exact) mass is 592 g/mol. The lowest BCUT2D eigenvalue weighted by Gasteiger charge is -2.27. The van der Waals surface area contributed by atoms with Crippen LogP contribution in [0.2, 0.25) is 0 Å². The molecule has 0 spiro atoms. The third-order valence-electron chi connectivity index (χ3n) is 9.09. The van der Waals surface area contributed by atoms with Crippen molar-refractivity contribution in [2.75, 3.05) is 0 Å². The van der Waals surface area contributed by atoms with E-state index in [9.17, 15) is 0 Å². The van der Waals surface area contributed by atoms with Gasteiger partial charge >= 0.3 is 0 Å². The van der Waals surface area contributed by atoms with E-state index in [0.29, 0.717) is 0 Å². The molecule has 0 saturated carbocycles. The average Bonchev–Trinajstić information content (AvgIpc) is 3.16. The maximum Gasteiger partial charge on any atom is 0.0411 e. The van der Waals surface area contributed by atoms with Gasteiger partial charge < -0.3 is 9.88 Å². The molecule has 2 heteroatoms. The number of rotatable bonds is 12. The summed E-state index contributed by atoms with van der Waals surface area (Å²) in [6.07, 6.45) is 18.5. The van der Waals surface area contributed by atoms with Crippen LogP contribution in [0.1, 0.15) is 80.7 Å². The van der Waals surface area contributed by atoms with Crippen molar-refractivity contribution in [2.45, 2.75) is 71.1 Å². The molecule has 0 amide bonds. The molecule has 5 rings (SSSR count). The number of nitrogens with one attached hydrogen (secondary N) is 1. The van der Waals surface area contributed by atoms with Gasteiger partial charge in [0, 0.05) is 50.4 Å². The summed E-state index contributed by atoms with van der Waals surface area (Å²) in [7, 11) is 0. The Morgan fingerprint density at radius 2 is 1.47 bits per heavy atom. The number of H-pyrrole nitrogens is 1. The van der Waals surface area contributed by atoms with Crippen molar-refractivity contribution >= 4 is 23.9 Å². The van der Waals surface area contributed by atoms with Crippen molar-refractivity contribution < 1.29 is 0 Å². The Kier molecular flexibility index (Phi) is 9.93. The molecule has 0 atom stereocenters. The molecule has 3 aromatic carbocycles. The summed E-state index contributed by atoms with van der Waals surface area (Å²) in [5.74, 6) is 0. The number of aromatic amines is 1. The molecule has 1 N–H and O–H groups in total. The fourth-order valence-corrected chi connectivity index (χ4v) is 6.34. The van der Waals surface area contributed by atoms with E-state index in [-0.39, 0.29) is 5.41 Å². The van der Waals surface area contributed by atoms with E-state index >= 15 is 0 Å². The predicted octanol–water partition coefficient (Wildman–Crippen LogP) is 9.76. The van der Waals surface area contributed by atoms with Crippen LogP contribution >= 0.6 is 0 Å². The topological polar surface area (TPSA) is 19.0 Å². The van der Waals surface area contributed by atoms with Crippen molar-refractivity contribution in [3.63, 3.8) is 0 Å². The molecule has 0 bridgehead atoms. The van der Waals surface area contributed by atoms with Crippen LogP contribution in [0.5, 0.6) is 0 Å². The Morgan fingerprint density at radius 3 is 2.16 bits per heavy atom. The first-order chi connectivity index (χ1) is 21.6. The molecular weight excluding hydrogens is 544 g/mol. The number of nitrogens with zero attached hydrogens (tertiary/aromatic N) is 1. The molecule has 0 aliphatic heterocycles. The highest BCUT2D eigenvalue weighted by atomic mass is 15.2. The Balaban J connectivity index is 1.15. The maximum atomic E-state index is 4.37. The number of aromatic nitrogens is 1. The number of aryl methyl sites for hydroxylation is 1. The lowest BCUT2D eigenvalue weighted by molar-refractivity contribution is 0.534. The van der Waals surface area contributed by atoms with Crippen LogP contribution in [0.4, 0.5) is 0 Å². The Morgan fingerprint density at radius 1 is 0.822 bits per heavy atom. The summed E-state index contributed by atoms with van der Waals surface area (Å²) in [5, 5.41) is 4.18. The molecule has 4 aromatic rings. The van der Waals surface area contributed by atoms with E-state index in [1.807, 2.05) is 0 Å². The quantitative estimate of drug-likeness (QED) is 0.162. The normalized spacial score (nSPS) is 13.6. The van der Waals surface area contributed by atoms with Gasteiger partial charge in [-0.3, -0.25) is 0 Å². The predicted molar refractivity (Wildman–Crippen MR) is 195 cm³/mol. The number of hydrogen-bond acceptors (Lipinski definition) is 1. The van der Waals surface area contributed by atoms with Gasteiger partial charge in [-0.1, -0.05) is 125 Å². The second-order valence-electron chi connectivity index (χ2n) is 13.0. The van der Waals surface area contributed by atoms with Crippen molar-refractivity contribution in [1.82, 2.24) is 9.88 Å². The summed E-state index contributed by atoms with van der Waals surface area (Å²) in [5.41, 5.74) is 9.81. The van der Waals surface area contributed by atoms with E-state index in [1.165, 1.54) is 39.9 Å². The highest BCUT2D eigenvalue weighted by molar-refractivity contribution is 5.84. The molecule has 0 unspecified atom stereocenters. The van der Waals surface area contributed by atoms with Crippen LogP contribution in [-0.4, -0.2) is 9.88 Å². The van der Waals surface area contributed by atoms with Crippen LogP contribution in [0, 0.1) is 0 Å². The van der Waals surface area contributed by atoms with Crippen LogP contribution in [0.15, 0.2) is 127 Å². The third kappa shape index (κ3) is 7.57. The molecule has 1 aliphatic carbocycles. The van der Waals surface area contributed by atoms with E-state index in [4.69, 9.17) is 0 Å². The molecule has 1 heterocycles. The van der Waals surface area contributed by atoms with Gasteiger partial charge in [0.1, 0.15) is 0 Å². The first-order valence-corrected chi connectivity index (χ1v) is 16.3. The second-order valence-corrected chi connectivity index (χ2v) is 13.0. The van der Waals surface area contributed by atoms with Gasteiger partial charge in [-0.2, -0.15) is 0 Å². The Hall–Kier alpha value is -4.56. The summed E-state index contributed by atoms with van der Waals surface area (Å²) in [4.78, 5) is 5.45. The molecule has 45 heavy (non-hydrogen) atoms.